The van der Waals surface area contributed by atoms with Crippen LogP contribution in [-0.2, 0) is 19.6 Å². The van der Waals surface area contributed by atoms with E-state index in [1.54, 1.807) is 18.2 Å². The Morgan fingerprint density at radius 3 is 2.81 bits per heavy atom. The normalized spacial score (nSPS) is 26.6. The Hall–Kier alpha value is -2.66. The number of nitrogens with one attached hydrogen (secondary N) is 2. The lowest BCUT2D eigenvalue weighted by Gasteiger charge is -2.19. The lowest BCUT2D eigenvalue weighted by atomic mass is 10.2. The van der Waals surface area contributed by atoms with Gasteiger partial charge in [-0.2, -0.15) is 4.31 Å². The summed E-state index contributed by atoms with van der Waals surface area (Å²) in [5.74, 6) is -0.657. The lowest BCUT2D eigenvalue weighted by molar-refractivity contribution is -0.130. The number of carbonyl (C=O) groups is 3. The van der Waals surface area contributed by atoms with Gasteiger partial charge in [-0.05, 0) is 18.6 Å². The highest BCUT2D eigenvalue weighted by Gasteiger charge is 2.44. The molecule has 2 saturated heterocycles. The van der Waals surface area contributed by atoms with Crippen LogP contribution in [0.5, 0.6) is 5.75 Å². The zero-order chi connectivity index (χ0) is 19.2. The van der Waals surface area contributed by atoms with Crippen molar-refractivity contribution in [2.24, 2.45) is 0 Å². The summed E-state index contributed by atoms with van der Waals surface area (Å²) in [6.07, 6.45) is 0.388. The van der Waals surface area contributed by atoms with E-state index in [2.05, 4.69) is 10.6 Å². The van der Waals surface area contributed by atoms with Gasteiger partial charge in [0.1, 0.15) is 23.8 Å². The number of amides is 4. The van der Waals surface area contributed by atoms with Crippen molar-refractivity contribution in [2.75, 3.05) is 26.2 Å². The van der Waals surface area contributed by atoms with E-state index in [0.717, 1.165) is 4.90 Å². The topological polar surface area (TPSA) is 125 Å². The van der Waals surface area contributed by atoms with Crippen molar-refractivity contribution >= 4 is 27.9 Å². The Kier molecular flexibility index (Phi) is 4.27. The number of rotatable bonds is 3. The maximum absolute atomic E-state index is 12.9. The third-order valence-electron chi connectivity index (χ3n) is 4.84. The van der Waals surface area contributed by atoms with Crippen LogP contribution >= 0.6 is 0 Å². The molecule has 0 aliphatic carbocycles. The minimum atomic E-state index is -3.74. The molecular formula is C16H18N4O6S. The van der Waals surface area contributed by atoms with Crippen molar-refractivity contribution in [1.82, 2.24) is 19.8 Å². The number of imide groups is 1. The third kappa shape index (κ3) is 3.12. The summed E-state index contributed by atoms with van der Waals surface area (Å²) >= 11 is 0. The van der Waals surface area contributed by atoms with Gasteiger partial charge in [-0.1, -0.05) is 12.1 Å². The van der Waals surface area contributed by atoms with Gasteiger partial charge in [0.15, 0.2) is 0 Å². The SMILES string of the molecule is O=C(CN1C(=O)CNC1=O)N[C@H]1C[C@H]2COc3ccccc3S(=O)(=O)N2C1. The molecule has 0 aromatic heterocycles. The Balaban J connectivity index is 1.45. The molecule has 2 fully saturated rings. The molecule has 1 aromatic rings. The highest BCUT2D eigenvalue weighted by Crippen LogP contribution is 2.35. The van der Waals surface area contributed by atoms with Crippen molar-refractivity contribution in [3.8, 4) is 5.75 Å². The Morgan fingerprint density at radius 1 is 1.30 bits per heavy atom. The van der Waals surface area contributed by atoms with Gasteiger partial charge in [0.25, 0.3) is 5.91 Å². The van der Waals surface area contributed by atoms with Crippen molar-refractivity contribution in [2.45, 2.75) is 23.4 Å². The fraction of sp³-hybridized carbons (Fsp3) is 0.438. The number of ether oxygens (including phenoxy) is 1. The maximum atomic E-state index is 12.9. The average Bonchev–Trinajstić information content (AvgIpc) is 3.15. The van der Waals surface area contributed by atoms with Gasteiger partial charge in [0, 0.05) is 12.6 Å². The molecule has 4 rings (SSSR count). The van der Waals surface area contributed by atoms with E-state index in [4.69, 9.17) is 4.74 Å². The first-order valence-electron chi connectivity index (χ1n) is 8.47. The first kappa shape index (κ1) is 17.7. The Labute approximate surface area is 155 Å². The number of hydrogen-bond donors (Lipinski definition) is 2. The van der Waals surface area contributed by atoms with Crippen molar-refractivity contribution < 1.29 is 27.5 Å². The van der Waals surface area contributed by atoms with Crippen LogP contribution in [0.4, 0.5) is 4.79 Å². The van der Waals surface area contributed by atoms with Crippen LogP contribution in [-0.4, -0.2) is 73.8 Å². The van der Waals surface area contributed by atoms with Crippen LogP contribution < -0.4 is 15.4 Å². The van der Waals surface area contributed by atoms with Crippen LogP contribution in [0, 0.1) is 0 Å². The number of urea groups is 1. The molecular weight excluding hydrogens is 376 g/mol. The van der Waals surface area contributed by atoms with Crippen LogP contribution in [0.25, 0.3) is 0 Å². The van der Waals surface area contributed by atoms with E-state index in [1.807, 2.05) is 0 Å². The van der Waals surface area contributed by atoms with Gasteiger partial charge in [0.2, 0.25) is 15.9 Å². The zero-order valence-electron chi connectivity index (χ0n) is 14.3. The van der Waals surface area contributed by atoms with E-state index in [0.29, 0.717) is 12.2 Å². The van der Waals surface area contributed by atoms with Crippen molar-refractivity contribution in [3.05, 3.63) is 24.3 Å². The van der Waals surface area contributed by atoms with E-state index in [1.165, 1.54) is 10.4 Å². The fourth-order valence-corrected chi connectivity index (χ4v) is 5.36. The van der Waals surface area contributed by atoms with E-state index < -0.39 is 46.5 Å². The molecule has 144 valence electrons. The van der Waals surface area contributed by atoms with Gasteiger partial charge in [-0.15, -0.1) is 0 Å². The molecule has 0 spiro atoms. The number of fused-ring (bicyclic) bond motifs is 2. The summed E-state index contributed by atoms with van der Waals surface area (Å²) in [5, 5.41) is 5.05. The highest BCUT2D eigenvalue weighted by atomic mass is 32.2. The predicted octanol–water partition coefficient (Wildman–Crippen LogP) is -1.12. The standard InChI is InChI=1S/C16H18N4O6S/c21-14(8-19-15(22)6-17-16(19)23)18-10-5-11-9-26-12-3-1-2-4-13(12)27(24,25)20(11)7-10/h1-4,10-11H,5-9H2,(H,17,23)(H,18,21)/t10-,11-/m0/s1. The van der Waals surface area contributed by atoms with Crippen LogP contribution in [0.1, 0.15) is 6.42 Å². The summed E-state index contributed by atoms with van der Waals surface area (Å²) in [6.45, 7) is -0.218. The number of nitrogens with zero attached hydrogens (tertiary/aromatic N) is 2. The molecule has 0 saturated carbocycles. The molecule has 2 N–H and O–H groups in total. The van der Waals surface area contributed by atoms with Gasteiger partial charge in [-0.3, -0.25) is 14.5 Å². The quantitative estimate of drug-likeness (QED) is 0.626. The number of carbonyl (C=O) groups excluding carboxylic acids is 3. The second-order valence-corrected chi connectivity index (χ2v) is 8.48. The summed E-state index contributed by atoms with van der Waals surface area (Å²) in [4.78, 5) is 36.2. The molecule has 3 aliphatic heterocycles. The molecule has 27 heavy (non-hydrogen) atoms. The van der Waals surface area contributed by atoms with Crippen LogP contribution in [0.3, 0.4) is 0 Å². The molecule has 1 aromatic carbocycles. The van der Waals surface area contributed by atoms with Gasteiger partial charge >= 0.3 is 6.03 Å². The lowest BCUT2D eigenvalue weighted by Crippen LogP contribution is -2.45. The summed E-state index contributed by atoms with van der Waals surface area (Å²) < 4.78 is 32.9. The fourth-order valence-electron chi connectivity index (χ4n) is 3.56. The molecule has 3 aliphatic rings. The van der Waals surface area contributed by atoms with Gasteiger partial charge < -0.3 is 15.4 Å². The smallest absolute Gasteiger partial charge is 0.325 e. The van der Waals surface area contributed by atoms with Crippen molar-refractivity contribution in [3.63, 3.8) is 0 Å². The Morgan fingerprint density at radius 2 is 2.07 bits per heavy atom. The molecule has 0 bridgehead atoms. The second-order valence-electron chi connectivity index (χ2n) is 6.63. The molecule has 11 heteroatoms. The minimum Gasteiger partial charge on any atom is -0.490 e. The summed E-state index contributed by atoms with van der Waals surface area (Å²) in [5.41, 5.74) is 0. The number of sulfonamides is 1. The second kappa shape index (κ2) is 6.50. The molecule has 10 nitrogen and oxygen atoms in total. The first-order chi connectivity index (χ1) is 12.9. The number of hydrogen-bond acceptors (Lipinski definition) is 6. The summed E-state index contributed by atoms with van der Waals surface area (Å²) in [6, 6.07) is 5.03. The van der Waals surface area contributed by atoms with E-state index in [-0.39, 0.29) is 24.6 Å². The first-order valence-corrected chi connectivity index (χ1v) is 9.91. The third-order valence-corrected chi connectivity index (χ3v) is 6.79. The van der Waals surface area contributed by atoms with Crippen LogP contribution in [0.15, 0.2) is 29.2 Å². The molecule has 4 amide bonds. The van der Waals surface area contributed by atoms with E-state index >= 15 is 0 Å². The average molecular weight is 394 g/mol. The zero-order valence-corrected chi connectivity index (χ0v) is 15.1. The largest absolute Gasteiger partial charge is 0.490 e. The molecule has 0 radical (unpaired) electrons. The number of para-hydroxylation sites is 1. The van der Waals surface area contributed by atoms with Gasteiger partial charge in [0.05, 0.1) is 12.6 Å². The molecule has 2 atom stereocenters. The monoisotopic (exact) mass is 394 g/mol. The molecule has 0 unspecified atom stereocenters. The van der Waals surface area contributed by atoms with Crippen molar-refractivity contribution in [1.29, 1.82) is 0 Å². The highest BCUT2D eigenvalue weighted by molar-refractivity contribution is 7.89. The minimum absolute atomic E-state index is 0.108. The number of benzene rings is 1. The van der Waals surface area contributed by atoms with Gasteiger partial charge in [-0.25, -0.2) is 13.2 Å². The predicted molar refractivity (Wildman–Crippen MR) is 91.3 cm³/mol. The van der Waals surface area contributed by atoms with Crippen LogP contribution in [0.2, 0.25) is 0 Å². The van der Waals surface area contributed by atoms with E-state index in [9.17, 15) is 22.8 Å². The summed E-state index contributed by atoms with van der Waals surface area (Å²) in [7, 11) is -3.74. The maximum Gasteiger partial charge on any atom is 0.325 e. The Bertz CT molecular complexity index is 901. The molecule has 3 heterocycles.